The first kappa shape index (κ1) is 20.4. The van der Waals surface area contributed by atoms with Crippen molar-refractivity contribution in [2.24, 2.45) is 0 Å². The normalized spacial score (nSPS) is 12.6. The number of nitrogens with zero attached hydrogens (tertiary/aromatic N) is 2. The lowest BCUT2D eigenvalue weighted by molar-refractivity contribution is 0.101. The van der Waals surface area contributed by atoms with Gasteiger partial charge in [-0.3, -0.25) is 4.79 Å². The fourth-order valence-electron chi connectivity index (χ4n) is 3.55. The Morgan fingerprint density at radius 2 is 1.80 bits per heavy atom. The molecule has 0 N–H and O–H groups in total. The molecule has 0 radical (unpaired) electrons. The van der Waals surface area contributed by atoms with E-state index in [2.05, 4.69) is 11.1 Å². The number of methoxy groups -OCH3 is 2. The van der Waals surface area contributed by atoms with Gasteiger partial charge in [0.2, 0.25) is 21.8 Å². The number of anilines is 1. The fraction of sp³-hybridized carbons (Fsp3) is 0.238. The molecule has 2 aromatic heterocycles. The van der Waals surface area contributed by atoms with E-state index in [-0.39, 0.29) is 17.4 Å². The summed E-state index contributed by atoms with van der Waals surface area (Å²) < 4.78 is 36.2. The van der Waals surface area contributed by atoms with Crippen molar-refractivity contribution in [3.63, 3.8) is 0 Å². The van der Waals surface area contributed by atoms with Crippen molar-refractivity contribution >= 4 is 33.0 Å². The molecule has 1 aromatic carbocycles. The zero-order valence-corrected chi connectivity index (χ0v) is 18.3. The highest BCUT2D eigenvalue weighted by molar-refractivity contribution is 7.92. The average Bonchev–Trinajstić information content (AvgIpc) is 3.18. The van der Waals surface area contributed by atoms with E-state index in [1.807, 2.05) is 18.2 Å². The number of sulfonamides is 1. The van der Waals surface area contributed by atoms with E-state index in [9.17, 15) is 13.2 Å². The molecule has 30 heavy (non-hydrogen) atoms. The van der Waals surface area contributed by atoms with Gasteiger partial charge < -0.3 is 9.47 Å². The first-order valence-electron chi connectivity index (χ1n) is 9.18. The van der Waals surface area contributed by atoms with Crippen molar-refractivity contribution in [1.82, 2.24) is 4.98 Å². The Morgan fingerprint density at radius 1 is 1.07 bits per heavy atom. The van der Waals surface area contributed by atoms with Crippen molar-refractivity contribution in [2.45, 2.75) is 12.8 Å². The van der Waals surface area contributed by atoms with Crippen LogP contribution >= 0.6 is 11.3 Å². The summed E-state index contributed by atoms with van der Waals surface area (Å²) in [5.74, 6) is -0.404. The van der Waals surface area contributed by atoms with Crippen molar-refractivity contribution in [2.75, 3.05) is 24.8 Å². The highest BCUT2D eigenvalue weighted by atomic mass is 32.2. The third kappa shape index (κ3) is 3.54. The zero-order chi connectivity index (χ0) is 21.5. The molecule has 2 heterocycles. The number of aryl methyl sites for hydroxylation is 2. The van der Waals surface area contributed by atoms with Gasteiger partial charge in [-0.25, -0.2) is 8.42 Å². The van der Waals surface area contributed by atoms with Gasteiger partial charge in [0, 0.05) is 10.9 Å². The van der Waals surface area contributed by atoms with E-state index in [1.54, 1.807) is 6.07 Å². The quantitative estimate of drug-likeness (QED) is 0.598. The predicted octanol–water partition coefficient (Wildman–Crippen LogP) is 3.53. The summed E-state index contributed by atoms with van der Waals surface area (Å²) in [5.41, 5.74) is 3.41. The second-order valence-electron chi connectivity index (χ2n) is 6.84. The number of ether oxygens (including phenoxy) is 2. The molecule has 9 heteroatoms. The molecule has 3 aromatic rings. The van der Waals surface area contributed by atoms with Gasteiger partial charge in [0.05, 0.1) is 25.4 Å². The third-order valence-corrected chi connectivity index (χ3v) is 7.12. The number of benzene rings is 1. The zero-order valence-electron chi connectivity index (χ0n) is 16.7. The summed E-state index contributed by atoms with van der Waals surface area (Å²) in [7, 11) is -1.15. The van der Waals surface area contributed by atoms with E-state index in [4.69, 9.17) is 9.47 Å². The Balaban J connectivity index is 1.80. The Labute approximate surface area is 178 Å². The van der Waals surface area contributed by atoms with E-state index in [0.29, 0.717) is 4.88 Å². The lowest BCUT2D eigenvalue weighted by Gasteiger charge is -2.21. The molecule has 156 valence electrons. The van der Waals surface area contributed by atoms with Crippen LogP contribution in [0.3, 0.4) is 0 Å². The number of pyridine rings is 1. The molecule has 1 aliphatic carbocycles. The summed E-state index contributed by atoms with van der Waals surface area (Å²) in [6.45, 7) is 0. The Hall–Kier alpha value is -2.91. The molecule has 0 spiro atoms. The summed E-state index contributed by atoms with van der Waals surface area (Å²) in [6, 6.07) is 12.8. The SMILES string of the molecule is COc1ccc(N(C(=O)c2cc3c(s2)-c2ccccc2CC3)S(C)(=O)=O)c(OC)n1. The van der Waals surface area contributed by atoms with Gasteiger partial charge in [-0.1, -0.05) is 24.3 Å². The maximum Gasteiger partial charge on any atom is 0.282 e. The Bertz CT molecular complexity index is 1230. The molecule has 0 saturated heterocycles. The van der Waals surface area contributed by atoms with Crippen LogP contribution in [-0.4, -0.2) is 39.8 Å². The van der Waals surface area contributed by atoms with E-state index in [0.717, 1.165) is 39.4 Å². The number of hydrogen-bond donors (Lipinski definition) is 0. The summed E-state index contributed by atoms with van der Waals surface area (Å²) in [5, 5.41) is 0. The lowest BCUT2D eigenvalue weighted by atomic mass is 9.91. The number of hydrogen-bond acceptors (Lipinski definition) is 7. The molecule has 7 nitrogen and oxygen atoms in total. The van der Waals surface area contributed by atoms with E-state index < -0.39 is 15.9 Å². The Morgan fingerprint density at radius 3 is 2.50 bits per heavy atom. The predicted molar refractivity (Wildman–Crippen MR) is 116 cm³/mol. The number of carbonyl (C=O) groups excluding carboxylic acids is 1. The summed E-state index contributed by atoms with van der Waals surface area (Å²) in [4.78, 5) is 18.9. The molecule has 0 saturated carbocycles. The van der Waals surface area contributed by atoms with Gasteiger partial charge in [-0.2, -0.15) is 9.29 Å². The molecule has 0 unspecified atom stereocenters. The second kappa shape index (κ2) is 7.73. The summed E-state index contributed by atoms with van der Waals surface area (Å²) >= 11 is 1.30. The standard InChI is InChI=1S/C21H20N2O5S2/c1-27-18-11-10-16(20(22-18)28-2)23(30(3,25)26)21(24)17-12-14-9-8-13-6-4-5-7-15(13)19(14)29-17/h4-7,10-12H,8-9H2,1-3H3. The third-order valence-electron chi connectivity index (χ3n) is 4.90. The number of amides is 1. The Kier molecular flexibility index (Phi) is 5.25. The topological polar surface area (TPSA) is 85.8 Å². The molecule has 0 fully saturated rings. The largest absolute Gasteiger partial charge is 0.481 e. The van der Waals surface area contributed by atoms with Gasteiger partial charge in [-0.15, -0.1) is 11.3 Å². The van der Waals surface area contributed by atoms with Crippen molar-refractivity contribution < 1.29 is 22.7 Å². The van der Waals surface area contributed by atoms with Crippen LogP contribution in [0.2, 0.25) is 0 Å². The van der Waals surface area contributed by atoms with Crippen LogP contribution in [0.1, 0.15) is 20.8 Å². The monoisotopic (exact) mass is 444 g/mol. The maximum atomic E-state index is 13.4. The molecule has 0 aliphatic heterocycles. The first-order chi connectivity index (χ1) is 14.3. The fourth-order valence-corrected chi connectivity index (χ4v) is 5.70. The van der Waals surface area contributed by atoms with E-state index in [1.165, 1.54) is 43.3 Å². The van der Waals surface area contributed by atoms with Gasteiger partial charge in [0.15, 0.2) is 0 Å². The van der Waals surface area contributed by atoms with Crippen molar-refractivity contribution in [3.05, 3.63) is 58.5 Å². The molecule has 0 bridgehead atoms. The van der Waals surface area contributed by atoms with Crippen LogP contribution in [0.25, 0.3) is 10.4 Å². The van der Waals surface area contributed by atoms with Crippen LogP contribution in [0.15, 0.2) is 42.5 Å². The van der Waals surface area contributed by atoms with Crippen LogP contribution in [-0.2, 0) is 22.9 Å². The molecule has 4 rings (SSSR count). The molecular weight excluding hydrogens is 424 g/mol. The maximum absolute atomic E-state index is 13.4. The molecular formula is C21H20N2O5S2. The van der Waals surface area contributed by atoms with Crippen LogP contribution < -0.4 is 13.8 Å². The van der Waals surface area contributed by atoms with Crippen molar-refractivity contribution in [3.8, 4) is 22.2 Å². The first-order valence-corrected chi connectivity index (χ1v) is 11.8. The lowest BCUT2D eigenvalue weighted by Crippen LogP contribution is -2.36. The number of thiophene rings is 1. The molecule has 1 aliphatic rings. The highest BCUT2D eigenvalue weighted by Gasteiger charge is 2.32. The van der Waals surface area contributed by atoms with Crippen LogP contribution in [0.4, 0.5) is 5.69 Å². The highest BCUT2D eigenvalue weighted by Crippen LogP contribution is 2.41. The van der Waals surface area contributed by atoms with Gasteiger partial charge in [0.1, 0.15) is 5.69 Å². The summed E-state index contributed by atoms with van der Waals surface area (Å²) in [6.07, 6.45) is 2.68. The minimum absolute atomic E-state index is 0.0141. The minimum atomic E-state index is -3.95. The second-order valence-corrected chi connectivity index (χ2v) is 9.72. The van der Waals surface area contributed by atoms with Crippen LogP contribution in [0.5, 0.6) is 11.8 Å². The van der Waals surface area contributed by atoms with Crippen molar-refractivity contribution in [1.29, 1.82) is 0 Å². The number of carbonyl (C=O) groups is 1. The number of fused-ring (bicyclic) bond motifs is 3. The van der Waals surface area contributed by atoms with Crippen LogP contribution in [0, 0.1) is 0 Å². The van der Waals surface area contributed by atoms with E-state index >= 15 is 0 Å². The van der Waals surface area contributed by atoms with Gasteiger partial charge in [0.25, 0.3) is 5.91 Å². The smallest absolute Gasteiger partial charge is 0.282 e. The number of rotatable bonds is 5. The number of aromatic nitrogens is 1. The molecule has 1 amide bonds. The average molecular weight is 445 g/mol. The minimum Gasteiger partial charge on any atom is -0.481 e. The van der Waals surface area contributed by atoms with Gasteiger partial charge >= 0.3 is 0 Å². The van der Waals surface area contributed by atoms with Gasteiger partial charge in [-0.05, 0) is 41.7 Å². The molecule has 0 atom stereocenters.